The second-order valence-electron chi connectivity index (χ2n) is 12.6. The Morgan fingerprint density at radius 3 is 2.59 bits per heavy atom. The van der Waals surface area contributed by atoms with Crippen LogP contribution >= 0.6 is 15.0 Å². The van der Waals surface area contributed by atoms with Crippen molar-refractivity contribution in [2.24, 2.45) is 5.92 Å². The Bertz CT molecular complexity index is 2460. The lowest BCUT2D eigenvalue weighted by molar-refractivity contribution is -0.118. The maximum absolute atomic E-state index is 16.1. The van der Waals surface area contributed by atoms with E-state index in [1.165, 1.54) is 15.5 Å². The van der Waals surface area contributed by atoms with Gasteiger partial charge in [-0.3, -0.25) is 38.3 Å². The van der Waals surface area contributed by atoms with Crippen LogP contribution in [0.2, 0.25) is 0 Å². The number of nitrogens with zero attached hydrogens (tertiary/aromatic N) is 8. The topological polar surface area (TPSA) is 293 Å². The number of benzene rings is 1. The Labute approximate surface area is 332 Å². The molecule has 4 aromatic heterocycles. The third-order valence-electron chi connectivity index (χ3n) is 8.42. The van der Waals surface area contributed by atoms with Crippen LogP contribution in [0, 0.1) is 17.2 Å². The molecule has 5 N–H and O–H groups in total. The number of carbonyl (C=O) groups excluding carboxylic acids is 2. The number of amides is 2. The largest absolute Gasteiger partial charge is 0.388 e. The maximum atomic E-state index is 16.1. The Hall–Kier alpha value is -4.92. The highest BCUT2D eigenvalue weighted by Gasteiger charge is 2.49. The van der Waals surface area contributed by atoms with Crippen molar-refractivity contribution in [3.8, 4) is 6.07 Å². The number of imidazole rings is 2. The van der Waals surface area contributed by atoms with Gasteiger partial charge in [0.1, 0.15) is 31.0 Å². The molecule has 2 amide bonds. The second-order valence-corrected chi connectivity index (χ2v) is 16.4. The molecule has 2 unspecified atom stereocenters. The van der Waals surface area contributed by atoms with Crippen molar-refractivity contribution in [2.45, 2.75) is 58.0 Å². The van der Waals surface area contributed by atoms with Crippen LogP contribution in [0.25, 0.3) is 22.3 Å². The number of nitrogens with one attached hydrogen (secondary N) is 3. The molecule has 308 valence electrons. The van der Waals surface area contributed by atoms with Gasteiger partial charge in [-0.05, 0) is 23.9 Å². The van der Waals surface area contributed by atoms with Crippen LogP contribution in [0.4, 0.5) is 16.2 Å². The van der Waals surface area contributed by atoms with Crippen molar-refractivity contribution in [3.63, 3.8) is 0 Å². The van der Waals surface area contributed by atoms with Crippen molar-refractivity contribution in [1.29, 1.82) is 5.26 Å². The second kappa shape index (κ2) is 18.8. The minimum Gasteiger partial charge on any atom is -0.388 e. The quantitative estimate of drug-likeness (QED) is 0.0624. The number of hydrogen-bond donors (Lipinski definition) is 5. The number of ether oxygens (including phenoxy) is 1. The van der Waals surface area contributed by atoms with E-state index in [1.807, 2.05) is 6.07 Å². The molecule has 1 saturated heterocycles. The molecule has 5 aromatic rings. The van der Waals surface area contributed by atoms with Crippen LogP contribution in [-0.4, -0.2) is 99.1 Å². The number of fused-ring (bicyclic) bond motifs is 2. The number of anilines is 2. The van der Waals surface area contributed by atoms with Gasteiger partial charge in [0.25, 0.3) is 11.5 Å². The minimum absolute atomic E-state index is 0.0120. The average Bonchev–Trinajstić information content (AvgIpc) is 3.88. The lowest BCUT2D eigenvalue weighted by atomic mass is 10.1. The summed E-state index contributed by atoms with van der Waals surface area (Å²) in [7, 11) is -3.73. The molecule has 26 heteroatoms. The summed E-state index contributed by atoms with van der Waals surface area (Å²) in [5.41, 5.74) is -0.277. The first-order valence-electron chi connectivity index (χ1n) is 17.4. The fourth-order valence-corrected chi connectivity index (χ4v) is 7.93. The van der Waals surface area contributed by atoms with E-state index < -0.39 is 76.1 Å². The van der Waals surface area contributed by atoms with E-state index in [2.05, 4.69) is 40.5 Å². The molecule has 0 spiro atoms. The fourth-order valence-electron chi connectivity index (χ4n) is 5.65. The molecule has 6 rings (SSSR count). The summed E-state index contributed by atoms with van der Waals surface area (Å²) in [6, 6.07) is 10.2. The van der Waals surface area contributed by atoms with Gasteiger partial charge in [0.15, 0.2) is 40.5 Å². The number of carbonyl (C=O) groups is 2. The third-order valence-corrected chi connectivity index (χ3v) is 11.3. The first kappa shape index (κ1) is 42.7. The molecule has 1 aliphatic heterocycles. The van der Waals surface area contributed by atoms with Gasteiger partial charge in [0.2, 0.25) is 11.9 Å². The maximum Gasteiger partial charge on any atom is 0.327 e. The van der Waals surface area contributed by atoms with E-state index in [4.69, 9.17) is 39.9 Å². The molecule has 1 aromatic carbocycles. The zero-order valence-electron chi connectivity index (χ0n) is 30.6. The molecule has 58 heavy (non-hydrogen) atoms. The predicted molar refractivity (Wildman–Crippen MR) is 205 cm³/mol. The summed E-state index contributed by atoms with van der Waals surface area (Å²) >= 11 is 5.59. The number of rotatable bonds is 18. The highest BCUT2D eigenvalue weighted by molar-refractivity contribution is 8.07. The molecular formula is C32H36FN11O11P2S. The highest BCUT2D eigenvalue weighted by atomic mass is 32.5. The first-order valence-corrected chi connectivity index (χ1v) is 21.2. The summed E-state index contributed by atoms with van der Waals surface area (Å²) in [5, 5.41) is 24.3. The van der Waals surface area contributed by atoms with Crippen molar-refractivity contribution in [1.82, 2.24) is 39.0 Å². The van der Waals surface area contributed by atoms with Gasteiger partial charge in [-0.2, -0.15) is 10.2 Å². The van der Waals surface area contributed by atoms with E-state index in [1.54, 1.807) is 44.2 Å². The van der Waals surface area contributed by atoms with Crippen molar-refractivity contribution in [2.75, 3.05) is 30.5 Å². The third kappa shape index (κ3) is 9.67. The summed E-state index contributed by atoms with van der Waals surface area (Å²) < 4.78 is 59.1. The van der Waals surface area contributed by atoms with Gasteiger partial charge < -0.3 is 38.2 Å². The first-order chi connectivity index (χ1) is 27.8. The van der Waals surface area contributed by atoms with Gasteiger partial charge >= 0.3 is 15.0 Å². The number of halogens is 1. The van der Waals surface area contributed by atoms with Crippen LogP contribution in [-0.2, 0) is 57.1 Å². The fraction of sp³-hybridized carbons (Fsp3) is 0.406. The SMILES string of the molecule is CC(C)C(=O)Nc1nc2c(nc(CO)n2CCOP(=S)(OCCC#N)OC[C@H]2O[C@@H](n3cnc4c(NC(=O)c5ccccc5)ncnc43)[C@H](O[PH](=O)O)[C@@H]2F)c(=O)[nH]1. The van der Waals surface area contributed by atoms with Gasteiger partial charge in [-0.25, -0.2) is 24.3 Å². The Balaban J connectivity index is 1.19. The molecule has 5 heterocycles. The standard InChI is InChI=1S/C32H36FN11O11P2S/c1-17(2)28(46)41-32-40-27-23(30(48)42-32)38-20(13-45)43(27)10-12-52-57(58,51-11-6-9-34)53-14-19-21(33)24(55-56(49)50)31(54-19)44-16-37-22-25(35-15-36-26(22)44)39-29(47)18-7-4-3-5-8-18/h3-5,7-8,15-17,19,21,24,31,45,56H,6,10-14H2,1-2H3,(H,49,50)(H,35,36,39,47)(H2,40,41,42,46,48)/t19-,21-,24-,31-,57?/m1/s1. The molecule has 0 saturated carbocycles. The van der Waals surface area contributed by atoms with Gasteiger partial charge in [0.05, 0.1) is 38.6 Å². The van der Waals surface area contributed by atoms with Crippen LogP contribution in [0.15, 0.2) is 47.8 Å². The van der Waals surface area contributed by atoms with E-state index in [0.29, 0.717) is 5.56 Å². The van der Waals surface area contributed by atoms with Gasteiger partial charge in [-0.1, -0.05) is 32.0 Å². The number of aliphatic hydroxyl groups is 1. The average molecular weight is 864 g/mol. The number of hydrogen-bond acceptors (Lipinski definition) is 17. The zero-order chi connectivity index (χ0) is 41.6. The predicted octanol–water partition coefficient (Wildman–Crippen LogP) is 2.49. The normalized spacial score (nSPS) is 19.6. The smallest absolute Gasteiger partial charge is 0.327 e. The molecule has 0 radical (unpaired) electrons. The zero-order valence-corrected chi connectivity index (χ0v) is 33.3. The monoisotopic (exact) mass is 863 g/mol. The van der Waals surface area contributed by atoms with E-state index in [9.17, 15) is 28.9 Å². The van der Waals surface area contributed by atoms with Crippen LogP contribution < -0.4 is 16.2 Å². The number of alkyl halides is 1. The molecule has 0 bridgehead atoms. The molecule has 1 fully saturated rings. The molecule has 1 aliphatic rings. The summed E-state index contributed by atoms with van der Waals surface area (Å²) in [4.78, 5) is 71.0. The summed E-state index contributed by atoms with van der Waals surface area (Å²) in [6.07, 6.45) is -4.47. The number of H-pyrrole nitrogens is 1. The van der Waals surface area contributed by atoms with Crippen molar-refractivity contribution < 1.29 is 51.4 Å². The number of aliphatic hydroxyl groups excluding tert-OH is 1. The Morgan fingerprint density at radius 2 is 1.88 bits per heavy atom. The van der Waals surface area contributed by atoms with E-state index in [-0.39, 0.29) is 66.1 Å². The lowest BCUT2D eigenvalue weighted by Gasteiger charge is -2.24. The minimum atomic E-state index is -3.82. The summed E-state index contributed by atoms with van der Waals surface area (Å²) in [5.74, 6) is -1.39. The molecule has 0 aliphatic carbocycles. The lowest BCUT2D eigenvalue weighted by Crippen LogP contribution is -2.31. The molecule has 22 nitrogen and oxygen atoms in total. The Kier molecular flexibility index (Phi) is 13.8. The number of aromatic nitrogens is 8. The van der Waals surface area contributed by atoms with Crippen LogP contribution in [0.1, 0.15) is 42.7 Å². The van der Waals surface area contributed by atoms with Crippen LogP contribution in [0.5, 0.6) is 0 Å². The molecule has 6 atom stereocenters. The van der Waals surface area contributed by atoms with Crippen molar-refractivity contribution >= 4 is 72.7 Å². The molecular weight excluding hydrogens is 827 g/mol. The summed E-state index contributed by atoms with van der Waals surface area (Å²) in [6.45, 7) is -2.39. The number of aromatic amines is 1. The van der Waals surface area contributed by atoms with E-state index in [0.717, 1.165) is 6.33 Å². The number of nitriles is 1. The van der Waals surface area contributed by atoms with E-state index >= 15 is 4.39 Å². The van der Waals surface area contributed by atoms with Gasteiger partial charge in [0, 0.05) is 18.0 Å². The van der Waals surface area contributed by atoms with Crippen molar-refractivity contribution in [3.05, 3.63) is 64.7 Å². The van der Waals surface area contributed by atoms with Gasteiger partial charge in [-0.15, -0.1) is 0 Å². The Morgan fingerprint density at radius 1 is 1.12 bits per heavy atom. The van der Waals surface area contributed by atoms with Crippen LogP contribution in [0.3, 0.4) is 0 Å². The highest BCUT2D eigenvalue weighted by Crippen LogP contribution is 2.51.